The van der Waals surface area contributed by atoms with Crippen molar-refractivity contribution in [1.29, 1.82) is 0 Å². The highest BCUT2D eigenvalue weighted by Gasteiger charge is 2.31. The van der Waals surface area contributed by atoms with Crippen molar-refractivity contribution in [2.75, 3.05) is 11.9 Å². The summed E-state index contributed by atoms with van der Waals surface area (Å²) in [5.41, 5.74) is 1.55. The molecule has 140 valence electrons. The number of hydrogen-bond donors (Lipinski definition) is 1. The average Bonchev–Trinajstić information content (AvgIpc) is 3.13. The number of anilines is 1. The summed E-state index contributed by atoms with van der Waals surface area (Å²) in [6.07, 6.45) is 2.08. The number of ether oxygens (including phenoxy) is 1. The minimum Gasteiger partial charge on any atom is -0.492 e. The first-order chi connectivity index (χ1) is 13.1. The van der Waals surface area contributed by atoms with Gasteiger partial charge in [-0.1, -0.05) is 33.6 Å². The van der Waals surface area contributed by atoms with Crippen LogP contribution < -0.4 is 10.1 Å². The van der Waals surface area contributed by atoms with Crippen molar-refractivity contribution in [1.82, 2.24) is 14.8 Å². The molecule has 5 nitrogen and oxygen atoms in total. The Morgan fingerprint density at radius 2 is 2.19 bits per heavy atom. The van der Waals surface area contributed by atoms with E-state index in [2.05, 4.69) is 31.3 Å². The maximum Gasteiger partial charge on any atom is 0.222 e. The number of fused-ring (bicyclic) bond motifs is 1. The Bertz CT molecular complexity index is 980. The lowest BCUT2D eigenvalue weighted by Crippen LogP contribution is -2.28. The normalized spacial score (nSPS) is 18.7. The van der Waals surface area contributed by atoms with E-state index >= 15 is 0 Å². The largest absolute Gasteiger partial charge is 0.492 e. The number of nitrogens with zero attached hydrogens (tertiary/aromatic N) is 3. The van der Waals surface area contributed by atoms with E-state index in [1.165, 1.54) is 12.4 Å². The lowest BCUT2D eigenvalue weighted by atomic mass is 9.93. The molecule has 27 heavy (non-hydrogen) atoms. The molecule has 0 saturated carbocycles. The van der Waals surface area contributed by atoms with E-state index in [0.29, 0.717) is 35.3 Å². The van der Waals surface area contributed by atoms with Crippen LogP contribution in [0, 0.1) is 5.82 Å². The molecule has 0 fully saturated rings. The first kappa shape index (κ1) is 18.3. The van der Waals surface area contributed by atoms with Gasteiger partial charge in [0.1, 0.15) is 17.9 Å². The number of rotatable bonds is 4. The minimum atomic E-state index is -0.281. The molecule has 2 aromatic carbocycles. The second kappa shape index (κ2) is 7.48. The van der Waals surface area contributed by atoms with Gasteiger partial charge >= 0.3 is 0 Å². The highest BCUT2D eigenvalue weighted by Crippen LogP contribution is 2.40. The smallest absolute Gasteiger partial charge is 0.222 e. The van der Waals surface area contributed by atoms with Crippen molar-refractivity contribution < 1.29 is 9.13 Å². The van der Waals surface area contributed by atoms with Crippen LogP contribution in [-0.2, 0) is 0 Å². The molecule has 0 spiro atoms. The van der Waals surface area contributed by atoms with Crippen molar-refractivity contribution in [3.8, 4) is 5.75 Å². The van der Waals surface area contributed by atoms with Gasteiger partial charge in [0.2, 0.25) is 5.95 Å². The average molecular weight is 452 g/mol. The van der Waals surface area contributed by atoms with E-state index in [4.69, 9.17) is 16.3 Å². The van der Waals surface area contributed by atoms with Crippen LogP contribution in [0.2, 0.25) is 5.02 Å². The number of nitrogens with one attached hydrogen (secondary N) is 1. The third-order valence-corrected chi connectivity index (χ3v) is 5.39. The number of aromatic nitrogens is 3. The van der Waals surface area contributed by atoms with E-state index < -0.39 is 0 Å². The summed E-state index contributed by atoms with van der Waals surface area (Å²) in [6, 6.07) is 10.3. The zero-order valence-corrected chi connectivity index (χ0v) is 16.8. The monoisotopic (exact) mass is 450 g/mol. The van der Waals surface area contributed by atoms with Crippen LogP contribution in [0.15, 0.2) is 47.2 Å². The van der Waals surface area contributed by atoms with Crippen molar-refractivity contribution >= 4 is 33.5 Å². The van der Waals surface area contributed by atoms with Crippen molar-refractivity contribution in [3.63, 3.8) is 0 Å². The highest BCUT2D eigenvalue weighted by molar-refractivity contribution is 9.10. The molecule has 1 aliphatic rings. The maximum absolute atomic E-state index is 14.5. The molecule has 1 N–H and O–H groups in total. The molecule has 2 atom stereocenters. The van der Waals surface area contributed by atoms with Crippen LogP contribution >= 0.6 is 27.5 Å². The van der Waals surface area contributed by atoms with Crippen LogP contribution in [0.3, 0.4) is 0 Å². The lowest BCUT2D eigenvalue weighted by Gasteiger charge is -2.32. The van der Waals surface area contributed by atoms with E-state index in [1.807, 2.05) is 25.1 Å². The summed E-state index contributed by atoms with van der Waals surface area (Å²) in [4.78, 5) is 4.28. The molecule has 0 bridgehead atoms. The summed E-state index contributed by atoms with van der Waals surface area (Å²) in [6.45, 7) is 2.46. The van der Waals surface area contributed by atoms with E-state index in [-0.39, 0.29) is 17.9 Å². The Morgan fingerprint density at radius 1 is 1.33 bits per heavy atom. The zero-order chi connectivity index (χ0) is 19.0. The quantitative estimate of drug-likeness (QED) is 0.579. The Hall–Kier alpha value is -2.12. The predicted molar refractivity (Wildman–Crippen MR) is 106 cm³/mol. The van der Waals surface area contributed by atoms with Crippen LogP contribution in [0.5, 0.6) is 5.75 Å². The molecule has 3 aromatic rings. The summed E-state index contributed by atoms with van der Waals surface area (Å²) < 4.78 is 22.6. The van der Waals surface area contributed by atoms with E-state index in [0.717, 1.165) is 10.0 Å². The first-order valence-electron chi connectivity index (χ1n) is 8.60. The second-order valence-corrected chi connectivity index (χ2v) is 7.59. The van der Waals surface area contributed by atoms with Gasteiger partial charge in [0.15, 0.2) is 0 Å². The van der Waals surface area contributed by atoms with Crippen LogP contribution in [0.1, 0.15) is 36.6 Å². The number of hydrogen-bond acceptors (Lipinski definition) is 4. The molecular weight excluding hydrogens is 435 g/mol. The number of benzene rings is 2. The van der Waals surface area contributed by atoms with E-state index in [1.54, 1.807) is 16.8 Å². The maximum atomic E-state index is 14.5. The van der Waals surface area contributed by atoms with Gasteiger partial charge < -0.3 is 10.1 Å². The summed E-state index contributed by atoms with van der Waals surface area (Å²) in [5.74, 6) is 0.979. The van der Waals surface area contributed by atoms with Crippen LogP contribution in [0.4, 0.5) is 10.3 Å². The number of halogens is 3. The van der Waals surface area contributed by atoms with Crippen molar-refractivity contribution in [2.45, 2.75) is 25.4 Å². The molecule has 2 heterocycles. The Balaban J connectivity index is 1.71. The SMILES string of the molecule is CCOc1ccc(C2CC(c3cc(Br)ccc3F)n3ncnc3N2)cc1Cl. The molecule has 4 rings (SSSR count). The predicted octanol–water partition coefficient (Wildman–Crippen LogP) is 5.38. The third kappa shape index (κ3) is 3.53. The van der Waals surface area contributed by atoms with Gasteiger partial charge in [-0.25, -0.2) is 9.07 Å². The first-order valence-corrected chi connectivity index (χ1v) is 9.77. The topological polar surface area (TPSA) is 52.0 Å². The van der Waals surface area contributed by atoms with Crippen LogP contribution in [0.25, 0.3) is 0 Å². The summed E-state index contributed by atoms with van der Waals surface area (Å²) >= 11 is 9.78. The molecule has 0 amide bonds. The Labute approximate surface area is 169 Å². The van der Waals surface area contributed by atoms with Gasteiger partial charge in [-0.15, -0.1) is 0 Å². The third-order valence-electron chi connectivity index (χ3n) is 4.61. The zero-order valence-electron chi connectivity index (χ0n) is 14.5. The van der Waals surface area contributed by atoms with Gasteiger partial charge in [0.05, 0.1) is 23.7 Å². The highest BCUT2D eigenvalue weighted by atomic mass is 79.9. The molecule has 0 saturated heterocycles. The van der Waals surface area contributed by atoms with Crippen molar-refractivity contribution in [2.24, 2.45) is 0 Å². The second-order valence-electron chi connectivity index (χ2n) is 6.27. The molecule has 1 aliphatic heterocycles. The van der Waals surface area contributed by atoms with Gasteiger partial charge in [-0.05, 0) is 49.2 Å². The standard InChI is InChI=1S/C19H17BrClFN4O/c1-2-27-18-6-3-11(7-14(18)21)16-9-17(26-19(25-16)23-10-24-26)13-8-12(20)4-5-15(13)22/h3-8,10,16-17H,2,9H2,1H3,(H,23,24,25). The molecule has 0 radical (unpaired) electrons. The van der Waals surface area contributed by atoms with Crippen molar-refractivity contribution in [3.05, 3.63) is 69.2 Å². The van der Waals surface area contributed by atoms with Gasteiger partial charge in [0.25, 0.3) is 0 Å². The fourth-order valence-corrected chi connectivity index (χ4v) is 4.00. The molecular formula is C19H17BrClFN4O. The Morgan fingerprint density at radius 3 is 2.96 bits per heavy atom. The van der Waals surface area contributed by atoms with Gasteiger partial charge in [-0.2, -0.15) is 10.1 Å². The van der Waals surface area contributed by atoms with Gasteiger partial charge in [-0.3, -0.25) is 0 Å². The fourth-order valence-electron chi connectivity index (χ4n) is 3.37. The van der Waals surface area contributed by atoms with Crippen LogP contribution in [-0.4, -0.2) is 21.4 Å². The molecule has 8 heteroatoms. The Kier molecular flexibility index (Phi) is 5.06. The molecule has 2 unspecified atom stereocenters. The molecule has 0 aliphatic carbocycles. The lowest BCUT2D eigenvalue weighted by molar-refractivity contribution is 0.340. The molecule has 1 aromatic heterocycles. The van der Waals surface area contributed by atoms with E-state index in [9.17, 15) is 4.39 Å². The minimum absolute atomic E-state index is 0.0849. The van der Waals surface area contributed by atoms with Gasteiger partial charge in [0, 0.05) is 10.0 Å². The fraction of sp³-hybridized carbons (Fsp3) is 0.263. The summed E-state index contributed by atoms with van der Waals surface area (Å²) in [7, 11) is 0. The summed E-state index contributed by atoms with van der Waals surface area (Å²) in [5, 5.41) is 8.20.